The van der Waals surface area contributed by atoms with E-state index in [-0.39, 0.29) is 28.4 Å². The summed E-state index contributed by atoms with van der Waals surface area (Å²) in [5, 5.41) is 8.90. The molecule has 1 aromatic rings. The minimum Gasteiger partial charge on any atom is -0.477 e. The van der Waals surface area contributed by atoms with Crippen molar-refractivity contribution >= 4 is 16.0 Å². The second kappa shape index (κ2) is 6.06. The minimum absolute atomic E-state index is 0.0170. The number of hydrogen-bond donors (Lipinski definition) is 3. The van der Waals surface area contributed by atoms with E-state index >= 15 is 0 Å². The standard InChI is InChI=1S/C11H15F3N2O4S/c1-6-8(10(17)18)16-7(2)9(6)21(19,20)15-5-3-4-11(12,13)14/h15-16H,3-5H2,1-2H3,(H,17,18). The van der Waals surface area contributed by atoms with E-state index in [1.807, 2.05) is 4.72 Å². The maximum atomic E-state index is 12.0. The number of aromatic nitrogens is 1. The fourth-order valence-corrected chi connectivity index (χ4v) is 3.43. The van der Waals surface area contributed by atoms with E-state index in [0.717, 1.165) is 0 Å². The Hall–Kier alpha value is -1.55. The number of halogens is 3. The number of aromatic carboxylic acids is 1. The van der Waals surface area contributed by atoms with Gasteiger partial charge >= 0.3 is 12.1 Å². The molecule has 1 aromatic heterocycles. The number of nitrogens with one attached hydrogen (secondary N) is 2. The van der Waals surface area contributed by atoms with Crippen LogP contribution in [0, 0.1) is 13.8 Å². The van der Waals surface area contributed by atoms with E-state index < -0.39 is 35.0 Å². The van der Waals surface area contributed by atoms with Crippen molar-refractivity contribution in [3.63, 3.8) is 0 Å². The van der Waals surface area contributed by atoms with Crippen LogP contribution in [0.1, 0.15) is 34.6 Å². The average molecular weight is 328 g/mol. The van der Waals surface area contributed by atoms with Crippen LogP contribution in [-0.2, 0) is 10.0 Å². The highest BCUT2D eigenvalue weighted by atomic mass is 32.2. The lowest BCUT2D eigenvalue weighted by Gasteiger charge is -2.09. The van der Waals surface area contributed by atoms with Gasteiger partial charge in [0.2, 0.25) is 10.0 Å². The molecule has 3 N–H and O–H groups in total. The minimum atomic E-state index is -4.35. The molecule has 21 heavy (non-hydrogen) atoms. The number of carboxylic acids is 1. The fraction of sp³-hybridized carbons (Fsp3) is 0.545. The van der Waals surface area contributed by atoms with Crippen molar-refractivity contribution in [3.05, 3.63) is 17.0 Å². The molecule has 0 aliphatic rings. The fourth-order valence-electron chi connectivity index (χ4n) is 1.92. The van der Waals surface area contributed by atoms with Gasteiger partial charge in [0.05, 0.1) is 0 Å². The first-order valence-electron chi connectivity index (χ1n) is 5.94. The zero-order valence-electron chi connectivity index (χ0n) is 11.3. The van der Waals surface area contributed by atoms with Gasteiger partial charge in [-0.2, -0.15) is 13.2 Å². The highest BCUT2D eigenvalue weighted by molar-refractivity contribution is 7.89. The molecule has 0 fully saturated rings. The third kappa shape index (κ3) is 4.46. The summed E-state index contributed by atoms with van der Waals surface area (Å²) < 4.78 is 62.0. The van der Waals surface area contributed by atoms with Crippen molar-refractivity contribution in [2.24, 2.45) is 0 Å². The molecule has 0 saturated carbocycles. The van der Waals surface area contributed by atoms with Crippen LogP contribution in [-0.4, -0.2) is 37.2 Å². The number of carbonyl (C=O) groups is 1. The van der Waals surface area contributed by atoms with Gasteiger partial charge in [0.1, 0.15) is 10.6 Å². The Bertz CT molecular complexity index is 635. The van der Waals surface area contributed by atoms with Crippen LogP contribution in [0.3, 0.4) is 0 Å². The van der Waals surface area contributed by atoms with Crippen LogP contribution < -0.4 is 4.72 Å². The summed E-state index contributed by atoms with van der Waals surface area (Å²) in [6.45, 7) is 2.31. The highest BCUT2D eigenvalue weighted by Gasteiger charge is 2.28. The van der Waals surface area contributed by atoms with Gasteiger partial charge in [-0.15, -0.1) is 0 Å². The monoisotopic (exact) mass is 328 g/mol. The van der Waals surface area contributed by atoms with Gasteiger partial charge in [-0.25, -0.2) is 17.9 Å². The molecule has 1 rings (SSSR count). The second-order valence-corrected chi connectivity index (χ2v) is 6.20. The number of alkyl halides is 3. The third-order valence-corrected chi connectivity index (χ3v) is 4.51. The number of sulfonamides is 1. The first kappa shape index (κ1) is 17.5. The lowest BCUT2D eigenvalue weighted by atomic mass is 10.2. The average Bonchev–Trinajstić information content (AvgIpc) is 2.60. The third-order valence-electron chi connectivity index (χ3n) is 2.78. The van der Waals surface area contributed by atoms with Crippen molar-refractivity contribution in [1.82, 2.24) is 9.71 Å². The summed E-state index contributed by atoms with van der Waals surface area (Å²) in [4.78, 5) is 13.1. The number of aryl methyl sites for hydroxylation is 1. The van der Waals surface area contributed by atoms with Crippen LogP contribution in [0.2, 0.25) is 0 Å². The number of aromatic amines is 1. The second-order valence-electron chi connectivity index (χ2n) is 4.50. The lowest BCUT2D eigenvalue weighted by molar-refractivity contribution is -0.135. The van der Waals surface area contributed by atoms with Crippen molar-refractivity contribution in [2.75, 3.05) is 6.54 Å². The van der Waals surface area contributed by atoms with E-state index in [0.29, 0.717) is 0 Å². The molecule has 0 unspecified atom stereocenters. The molecule has 10 heteroatoms. The van der Waals surface area contributed by atoms with Crippen molar-refractivity contribution in [2.45, 2.75) is 37.8 Å². The molecule has 0 aliphatic carbocycles. The van der Waals surface area contributed by atoms with Gasteiger partial charge in [0.15, 0.2) is 0 Å². The van der Waals surface area contributed by atoms with E-state index in [9.17, 15) is 26.4 Å². The number of carboxylic acid groups (broad SMARTS) is 1. The molecule has 0 atom stereocenters. The summed E-state index contributed by atoms with van der Waals surface area (Å²) in [6.07, 6.45) is -5.83. The van der Waals surface area contributed by atoms with Crippen molar-refractivity contribution < 1.29 is 31.5 Å². The summed E-state index contributed by atoms with van der Waals surface area (Å²) in [5.41, 5.74) is -0.125. The Morgan fingerprint density at radius 1 is 1.33 bits per heavy atom. The Labute approximate surface area is 119 Å². The topological polar surface area (TPSA) is 99.3 Å². The molecule has 0 aliphatic heterocycles. The number of hydrogen-bond acceptors (Lipinski definition) is 3. The molecule has 1 heterocycles. The number of rotatable bonds is 6. The van der Waals surface area contributed by atoms with Crippen molar-refractivity contribution in [3.8, 4) is 0 Å². The van der Waals surface area contributed by atoms with E-state index in [4.69, 9.17) is 5.11 Å². The first-order chi connectivity index (χ1) is 9.46. The maximum absolute atomic E-state index is 12.0. The van der Waals surface area contributed by atoms with E-state index in [1.165, 1.54) is 13.8 Å². The molecule has 6 nitrogen and oxygen atoms in total. The molecule has 120 valence electrons. The van der Waals surface area contributed by atoms with Gasteiger partial charge in [0.25, 0.3) is 0 Å². The van der Waals surface area contributed by atoms with Gasteiger partial charge in [-0.1, -0.05) is 0 Å². The quantitative estimate of drug-likeness (QED) is 0.695. The first-order valence-corrected chi connectivity index (χ1v) is 7.43. The Morgan fingerprint density at radius 2 is 1.90 bits per heavy atom. The molecule has 0 saturated heterocycles. The van der Waals surface area contributed by atoms with Crippen LogP contribution in [0.25, 0.3) is 0 Å². The van der Waals surface area contributed by atoms with Gasteiger partial charge in [0, 0.05) is 24.2 Å². The predicted octanol–water partition coefficient (Wildman–Crippen LogP) is 1.95. The maximum Gasteiger partial charge on any atom is 0.389 e. The zero-order chi connectivity index (χ0) is 16.4. The van der Waals surface area contributed by atoms with E-state index in [2.05, 4.69) is 4.98 Å². The predicted molar refractivity (Wildman–Crippen MR) is 67.7 cm³/mol. The smallest absolute Gasteiger partial charge is 0.389 e. The normalized spacial score (nSPS) is 12.6. The molecular formula is C11H15F3N2O4S. The van der Waals surface area contributed by atoms with Crippen LogP contribution in [0.15, 0.2) is 4.90 Å². The van der Waals surface area contributed by atoms with Gasteiger partial charge < -0.3 is 10.1 Å². The van der Waals surface area contributed by atoms with Crippen LogP contribution in [0.5, 0.6) is 0 Å². The Kier molecular flexibility index (Phi) is 5.05. The van der Waals surface area contributed by atoms with Crippen molar-refractivity contribution in [1.29, 1.82) is 0 Å². The summed E-state index contributed by atoms with van der Waals surface area (Å²) in [7, 11) is -4.06. The zero-order valence-corrected chi connectivity index (χ0v) is 12.2. The lowest BCUT2D eigenvalue weighted by Crippen LogP contribution is -2.26. The molecular weight excluding hydrogens is 313 g/mol. The van der Waals surface area contributed by atoms with Gasteiger partial charge in [-0.3, -0.25) is 0 Å². The SMILES string of the molecule is Cc1[nH]c(C(=O)O)c(C)c1S(=O)(=O)NCCCC(F)(F)F. The van der Waals surface area contributed by atoms with Crippen LogP contribution >= 0.6 is 0 Å². The van der Waals surface area contributed by atoms with Crippen LogP contribution in [0.4, 0.5) is 13.2 Å². The number of H-pyrrole nitrogens is 1. The molecule has 0 aromatic carbocycles. The van der Waals surface area contributed by atoms with E-state index in [1.54, 1.807) is 0 Å². The Morgan fingerprint density at radius 3 is 2.33 bits per heavy atom. The molecule has 0 amide bonds. The largest absolute Gasteiger partial charge is 0.477 e. The summed E-state index contributed by atoms with van der Waals surface area (Å²) >= 11 is 0. The molecule has 0 spiro atoms. The molecule has 0 bridgehead atoms. The Balaban J connectivity index is 2.87. The summed E-state index contributed by atoms with van der Waals surface area (Å²) in [6, 6.07) is 0. The van der Waals surface area contributed by atoms with Gasteiger partial charge in [-0.05, 0) is 20.3 Å². The highest BCUT2D eigenvalue weighted by Crippen LogP contribution is 2.24. The molecule has 0 radical (unpaired) electrons. The summed E-state index contributed by atoms with van der Waals surface area (Å²) in [5.74, 6) is -1.31.